The van der Waals surface area contributed by atoms with E-state index in [-0.39, 0.29) is 5.91 Å². The second kappa shape index (κ2) is 10.3. The largest absolute Gasteiger partial charge is 0.497 e. The highest BCUT2D eigenvalue weighted by atomic mass is 35.5. The van der Waals surface area contributed by atoms with Crippen LogP contribution in [0.15, 0.2) is 54.6 Å². The number of carbonyl (C=O) groups excluding carboxylic acids is 1. The van der Waals surface area contributed by atoms with Crippen LogP contribution in [0.1, 0.15) is 28.0 Å². The lowest BCUT2D eigenvalue weighted by Gasteiger charge is -2.12. The lowest BCUT2D eigenvalue weighted by atomic mass is 10.1. The van der Waals surface area contributed by atoms with Gasteiger partial charge in [0.1, 0.15) is 5.75 Å². The third kappa shape index (κ3) is 5.04. The molecule has 0 saturated heterocycles. The molecule has 30 heavy (non-hydrogen) atoms. The van der Waals surface area contributed by atoms with E-state index in [1.54, 1.807) is 14.2 Å². The number of methoxy groups -OCH3 is 2. The summed E-state index contributed by atoms with van der Waals surface area (Å²) in [5.41, 5.74) is 4.49. The molecular weight excluding hydrogens is 400 g/mol. The van der Waals surface area contributed by atoms with E-state index in [9.17, 15) is 4.79 Å². The second-order valence-corrected chi connectivity index (χ2v) is 7.44. The van der Waals surface area contributed by atoms with Gasteiger partial charge in [-0.05, 0) is 60.9 Å². The zero-order valence-corrected chi connectivity index (χ0v) is 18.3. The molecular formula is C24H27ClN2O3. The Morgan fingerprint density at radius 2 is 1.83 bits per heavy atom. The van der Waals surface area contributed by atoms with Gasteiger partial charge in [0.2, 0.25) is 0 Å². The van der Waals surface area contributed by atoms with Gasteiger partial charge in [0, 0.05) is 43.2 Å². The molecule has 3 aromatic rings. The van der Waals surface area contributed by atoms with Gasteiger partial charge in [0.25, 0.3) is 5.91 Å². The number of ether oxygens (including phenoxy) is 2. The first-order valence-electron chi connectivity index (χ1n) is 9.90. The van der Waals surface area contributed by atoms with Crippen LogP contribution in [-0.2, 0) is 17.8 Å². The first-order valence-corrected chi connectivity index (χ1v) is 10.3. The minimum Gasteiger partial charge on any atom is -0.497 e. The maximum Gasteiger partial charge on any atom is 0.253 e. The fourth-order valence-corrected chi connectivity index (χ4v) is 3.65. The van der Waals surface area contributed by atoms with E-state index in [1.165, 1.54) is 0 Å². The highest BCUT2D eigenvalue weighted by Crippen LogP contribution is 2.28. The SMILES string of the molecule is COCCCn1c(-c2ccc(OC)cc2)cc(C(=O)NCc2ccccc2Cl)c1C. The fraction of sp³-hybridized carbons (Fsp3) is 0.292. The summed E-state index contributed by atoms with van der Waals surface area (Å²) in [6.07, 6.45) is 0.857. The molecule has 0 bridgehead atoms. The van der Waals surface area contributed by atoms with Gasteiger partial charge < -0.3 is 19.4 Å². The number of hydrogen-bond acceptors (Lipinski definition) is 3. The van der Waals surface area contributed by atoms with E-state index >= 15 is 0 Å². The molecule has 1 heterocycles. The molecule has 0 saturated carbocycles. The third-order valence-electron chi connectivity index (χ3n) is 5.12. The Balaban J connectivity index is 1.87. The number of carbonyl (C=O) groups is 1. The molecule has 0 unspecified atom stereocenters. The van der Waals surface area contributed by atoms with Gasteiger partial charge in [-0.2, -0.15) is 0 Å². The zero-order valence-electron chi connectivity index (χ0n) is 17.6. The molecule has 6 heteroatoms. The molecule has 0 aliphatic carbocycles. The van der Waals surface area contributed by atoms with Crippen LogP contribution >= 0.6 is 11.6 Å². The number of aromatic nitrogens is 1. The molecule has 1 N–H and O–H groups in total. The van der Waals surface area contributed by atoms with Crippen LogP contribution in [0.5, 0.6) is 5.75 Å². The highest BCUT2D eigenvalue weighted by Gasteiger charge is 2.18. The second-order valence-electron chi connectivity index (χ2n) is 7.03. The van der Waals surface area contributed by atoms with Gasteiger partial charge >= 0.3 is 0 Å². The molecule has 5 nitrogen and oxygen atoms in total. The number of nitrogens with one attached hydrogen (secondary N) is 1. The van der Waals surface area contributed by atoms with Gasteiger partial charge in [-0.15, -0.1) is 0 Å². The summed E-state index contributed by atoms with van der Waals surface area (Å²) in [6.45, 7) is 3.78. The van der Waals surface area contributed by atoms with Crippen molar-refractivity contribution in [1.82, 2.24) is 9.88 Å². The van der Waals surface area contributed by atoms with Crippen molar-refractivity contribution < 1.29 is 14.3 Å². The quantitative estimate of drug-likeness (QED) is 0.485. The Morgan fingerprint density at radius 3 is 2.50 bits per heavy atom. The molecule has 0 atom stereocenters. The van der Waals surface area contributed by atoms with Crippen molar-refractivity contribution in [2.75, 3.05) is 20.8 Å². The van der Waals surface area contributed by atoms with Crippen molar-refractivity contribution >= 4 is 17.5 Å². The molecule has 0 spiro atoms. The van der Waals surface area contributed by atoms with Crippen LogP contribution in [0.2, 0.25) is 5.02 Å². The molecule has 1 aromatic heterocycles. The van der Waals surface area contributed by atoms with Crippen LogP contribution < -0.4 is 10.1 Å². The lowest BCUT2D eigenvalue weighted by Crippen LogP contribution is -2.23. The van der Waals surface area contributed by atoms with Crippen LogP contribution in [0.3, 0.4) is 0 Å². The molecule has 0 fully saturated rings. The smallest absolute Gasteiger partial charge is 0.253 e. The minimum absolute atomic E-state index is 0.118. The third-order valence-corrected chi connectivity index (χ3v) is 5.49. The predicted molar refractivity (Wildman–Crippen MR) is 120 cm³/mol. The maximum atomic E-state index is 13.0. The maximum absolute atomic E-state index is 13.0. The fourth-order valence-electron chi connectivity index (χ4n) is 3.44. The lowest BCUT2D eigenvalue weighted by molar-refractivity contribution is 0.0950. The zero-order chi connectivity index (χ0) is 21.5. The van der Waals surface area contributed by atoms with E-state index < -0.39 is 0 Å². The number of nitrogens with zero attached hydrogens (tertiary/aromatic N) is 1. The number of benzene rings is 2. The van der Waals surface area contributed by atoms with Crippen molar-refractivity contribution in [3.05, 3.63) is 76.4 Å². The predicted octanol–water partition coefficient (Wildman–Crippen LogP) is 5.09. The molecule has 3 rings (SSSR count). The number of rotatable bonds is 9. The van der Waals surface area contributed by atoms with Gasteiger partial charge in [0.05, 0.1) is 12.7 Å². The molecule has 1 amide bonds. The highest BCUT2D eigenvalue weighted by molar-refractivity contribution is 6.31. The molecule has 0 radical (unpaired) electrons. The Hall–Kier alpha value is -2.76. The minimum atomic E-state index is -0.118. The van der Waals surface area contributed by atoms with Crippen molar-refractivity contribution in [2.24, 2.45) is 0 Å². The topological polar surface area (TPSA) is 52.5 Å². The number of amides is 1. The molecule has 158 valence electrons. The van der Waals surface area contributed by atoms with Crippen molar-refractivity contribution in [3.8, 4) is 17.0 Å². The van der Waals surface area contributed by atoms with Gasteiger partial charge in [-0.3, -0.25) is 4.79 Å². The van der Waals surface area contributed by atoms with E-state index in [0.29, 0.717) is 23.7 Å². The Kier molecular flexibility index (Phi) is 7.55. The molecule has 2 aromatic carbocycles. The summed E-state index contributed by atoms with van der Waals surface area (Å²) in [5, 5.41) is 3.64. The molecule has 0 aliphatic heterocycles. The number of halogens is 1. The summed E-state index contributed by atoms with van der Waals surface area (Å²) >= 11 is 6.21. The van der Waals surface area contributed by atoms with E-state index in [4.69, 9.17) is 21.1 Å². The van der Waals surface area contributed by atoms with Crippen molar-refractivity contribution in [3.63, 3.8) is 0 Å². The van der Waals surface area contributed by atoms with Crippen LogP contribution in [-0.4, -0.2) is 31.3 Å². The van der Waals surface area contributed by atoms with Crippen LogP contribution in [0.25, 0.3) is 11.3 Å². The average molecular weight is 427 g/mol. The monoisotopic (exact) mass is 426 g/mol. The Labute approximate surface area is 182 Å². The number of hydrogen-bond donors (Lipinski definition) is 1. The summed E-state index contributed by atoms with van der Waals surface area (Å²) < 4.78 is 12.6. The van der Waals surface area contributed by atoms with Crippen molar-refractivity contribution in [1.29, 1.82) is 0 Å². The van der Waals surface area contributed by atoms with Gasteiger partial charge in [-0.1, -0.05) is 29.8 Å². The summed E-state index contributed by atoms with van der Waals surface area (Å²) in [7, 11) is 3.34. The first kappa shape index (κ1) is 21.9. The van der Waals surface area contributed by atoms with Gasteiger partial charge in [0.15, 0.2) is 0 Å². The van der Waals surface area contributed by atoms with Crippen molar-refractivity contribution in [2.45, 2.75) is 26.4 Å². The first-order chi connectivity index (χ1) is 14.5. The summed E-state index contributed by atoms with van der Waals surface area (Å²) in [5.74, 6) is 0.679. The normalized spacial score (nSPS) is 10.8. The van der Waals surface area contributed by atoms with E-state index in [0.717, 1.165) is 41.2 Å². The average Bonchev–Trinajstić information content (AvgIpc) is 3.09. The van der Waals surface area contributed by atoms with Crippen LogP contribution in [0.4, 0.5) is 0 Å². The van der Waals surface area contributed by atoms with E-state index in [2.05, 4.69) is 9.88 Å². The summed E-state index contributed by atoms with van der Waals surface area (Å²) in [4.78, 5) is 13.0. The summed E-state index contributed by atoms with van der Waals surface area (Å²) in [6, 6.07) is 17.3. The van der Waals surface area contributed by atoms with Gasteiger partial charge in [-0.25, -0.2) is 0 Å². The molecule has 0 aliphatic rings. The Bertz CT molecular complexity index is 996. The standard InChI is InChI=1S/C24H27ClN2O3/c1-17-21(24(28)26-16-19-7-4-5-8-22(19)25)15-23(27(17)13-6-14-29-2)18-9-11-20(30-3)12-10-18/h4-5,7-12,15H,6,13-14,16H2,1-3H3,(H,26,28). The Morgan fingerprint density at radius 1 is 1.10 bits per heavy atom. The van der Waals surface area contributed by atoms with E-state index in [1.807, 2.05) is 61.5 Å². The van der Waals surface area contributed by atoms with Crippen LogP contribution in [0, 0.1) is 6.92 Å².